The van der Waals surface area contributed by atoms with Gasteiger partial charge in [0.1, 0.15) is 6.04 Å². The van der Waals surface area contributed by atoms with Crippen LogP contribution in [0.1, 0.15) is 22.7 Å². The molecule has 1 aromatic heterocycles. The molecule has 0 spiro atoms. The Labute approximate surface area is 148 Å². The summed E-state index contributed by atoms with van der Waals surface area (Å²) in [6.45, 7) is 4.36. The van der Waals surface area contributed by atoms with Crippen LogP contribution in [-0.2, 0) is 22.5 Å². The number of carbonyl (C=O) groups is 1. The highest BCUT2D eigenvalue weighted by Crippen LogP contribution is 2.27. The molecule has 1 amide bonds. The lowest BCUT2D eigenvalue weighted by Gasteiger charge is -2.38. The largest absolute Gasteiger partial charge is 0.379 e. The highest BCUT2D eigenvalue weighted by molar-refractivity contribution is 5.83. The molecule has 2 aliphatic heterocycles. The number of fused-ring (bicyclic) bond motifs is 1. The summed E-state index contributed by atoms with van der Waals surface area (Å²) in [4.78, 5) is 21.9. The molecule has 3 heterocycles. The maximum absolute atomic E-state index is 13.4. The van der Waals surface area contributed by atoms with Crippen molar-refractivity contribution in [3.05, 3.63) is 65.5 Å². The number of ether oxygens (including phenoxy) is 1. The maximum Gasteiger partial charge on any atom is 0.244 e. The van der Waals surface area contributed by atoms with Crippen LogP contribution < -0.4 is 0 Å². The fraction of sp³-hybridized carbons (Fsp3) is 0.400. The summed E-state index contributed by atoms with van der Waals surface area (Å²) in [7, 11) is 0. The van der Waals surface area contributed by atoms with E-state index in [4.69, 9.17) is 4.74 Å². The summed E-state index contributed by atoms with van der Waals surface area (Å²) >= 11 is 0. The van der Waals surface area contributed by atoms with Crippen molar-refractivity contribution in [2.24, 2.45) is 0 Å². The van der Waals surface area contributed by atoms with Gasteiger partial charge in [0.2, 0.25) is 5.91 Å². The molecule has 1 aromatic carbocycles. The highest BCUT2D eigenvalue weighted by atomic mass is 16.5. The van der Waals surface area contributed by atoms with Gasteiger partial charge in [-0.25, -0.2) is 0 Å². The Kier molecular flexibility index (Phi) is 4.76. The van der Waals surface area contributed by atoms with E-state index in [9.17, 15) is 4.79 Å². The summed E-state index contributed by atoms with van der Waals surface area (Å²) in [5.41, 5.74) is 3.58. The third-order valence-corrected chi connectivity index (χ3v) is 5.09. The number of pyridine rings is 1. The van der Waals surface area contributed by atoms with Crippen LogP contribution in [0.5, 0.6) is 0 Å². The predicted octanol–water partition coefficient (Wildman–Crippen LogP) is 2.04. The lowest BCUT2D eigenvalue weighted by atomic mass is 9.98. The minimum atomic E-state index is -0.275. The Morgan fingerprint density at radius 3 is 2.60 bits per heavy atom. The van der Waals surface area contributed by atoms with Gasteiger partial charge in [-0.3, -0.25) is 14.7 Å². The summed E-state index contributed by atoms with van der Waals surface area (Å²) < 4.78 is 5.48. The van der Waals surface area contributed by atoms with Gasteiger partial charge < -0.3 is 9.64 Å². The zero-order chi connectivity index (χ0) is 17.1. The number of rotatable bonds is 3. The quantitative estimate of drug-likeness (QED) is 0.860. The summed E-state index contributed by atoms with van der Waals surface area (Å²) in [5, 5.41) is 0. The number of amides is 1. The van der Waals surface area contributed by atoms with Crippen LogP contribution in [0.2, 0.25) is 0 Å². The van der Waals surface area contributed by atoms with Crippen molar-refractivity contribution >= 4 is 5.91 Å². The molecule has 25 heavy (non-hydrogen) atoms. The Hall–Kier alpha value is -2.24. The number of nitrogens with zero attached hydrogens (tertiary/aromatic N) is 3. The van der Waals surface area contributed by atoms with Crippen LogP contribution >= 0.6 is 0 Å². The van der Waals surface area contributed by atoms with Gasteiger partial charge in [-0.2, -0.15) is 0 Å². The fourth-order valence-electron chi connectivity index (χ4n) is 3.74. The van der Waals surface area contributed by atoms with Gasteiger partial charge in [-0.1, -0.05) is 30.3 Å². The molecule has 1 fully saturated rings. The highest BCUT2D eigenvalue weighted by Gasteiger charge is 2.33. The van der Waals surface area contributed by atoms with Gasteiger partial charge in [-0.15, -0.1) is 0 Å². The lowest BCUT2D eigenvalue weighted by molar-refractivity contribution is -0.140. The average molecular weight is 337 g/mol. The lowest BCUT2D eigenvalue weighted by Crippen LogP contribution is -2.48. The molecule has 2 aliphatic rings. The average Bonchev–Trinajstić information content (AvgIpc) is 2.69. The van der Waals surface area contributed by atoms with E-state index in [-0.39, 0.29) is 11.9 Å². The molecule has 0 bridgehead atoms. The van der Waals surface area contributed by atoms with E-state index in [1.807, 2.05) is 29.3 Å². The van der Waals surface area contributed by atoms with Gasteiger partial charge >= 0.3 is 0 Å². The summed E-state index contributed by atoms with van der Waals surface area (Å²) in [6, 6.07) is 12.0. The van der Waals surface area contributed by atoms with Crippen LogP contribution in [-0.4, -0.2) is 53.5 Å². The first kappa shape index (κ1) is 16.2. The number of carbonyl (C=O) groups excluding carboxylic acids is 1. The number of hydrogen-bond donors (Lipinski definition) is 0. The van der Waals surface area contributed by atoms with E-state index in [0.29, 0.717) is 19.8 Å². The zero-order valence-electron chi connectivity index (χ0n) is 14.3. The number of aromatic nitrogens is 1. The Balaban J connectivity index is 1.60. The molecule has 0 radical (unpaired) electrons. The van der Waals surface area contributed by atoms with Crippen molar-refractivity contribution in [2.45, 2.75) is 19.0 Å². The van der Waals surface area contributed by atoms with Gasteiger partial charge in [0.05, 0.1) is 13.2 Å². The molecular formula is C20H23N3O2. The predicted molar refractivity (Wildman–Crippen MR) is 94.9 cm³/mol. The van der Waals surface area contributed by atoms with Gasteiger partial charge in [-0.05, 0) is 29.2 Å². The molecule has 1 atom stereocenters. The van der Waals surface area contributed by atoms with Gasteiger partial charge in [0.25, 0.3) is 0 Å². The van der Waals surface area contributed by atoms with E-state index < -0.39 is 0 Å². The fourth-order valence-corrected chi connectivity index (χ4v) is 3.74. The standard InChI is InChI=1S/C20H23N3O2/c24-20(23-9-7-16-4-1-2-5-18(16)15-23)19(17-6-3-8-21-14-17)22-10-12-25-13-11-22/h1-6,8,14,19H,7,9-13,15H2/t19-/m1/s1. The van der Waals surface area contributed by atoms with Gasteiger partial charge in [0.15, 0.2) is 0 Å². The van der Waals surface area contributed by atoms with Crippen LogP contribution in [0, 0.1) is 0 Å². The molecule has 0 aliphatic carbocycles. The smallest absolute Gasteiger partial charge is 0.244 e. The molecule has 1 saturated heterocycles. The first-order valence-corrected chi connectivity index (χ1v) is 8.90. The monoisotopic (exact) mass is 337 g/mol. The van der Waals surface area contributed by atoms with Crippen LogP contribution in [0.4, 0.5) is 0 Å². The molecular weight excluding hydrogens is 314 g/mol. The van der Waals surface area contributed by atoms with Crippen LogP contribution in [0.25, 0.3) is 0 Å². The van der Waals surface area contributed by atoms with E-state index >= 15 is 0 Å². The second-order valence-electron chi connectivity index (χ2n) is 6.62. The first-order valence-electron chi connectivity index (χ1n) is 8.90. The molecule has 0 N–H and O–H groups in total. The van der Waals surface area contributed by atoms with Crippen molar-refractivity contribution in [1.29, 1.82) is 0 Å². The molecule has 4 rings (SSSR count). The minimum Gasteiger partial charge on any atom is -0.379 e. The number of hydrogen-bond acceptors (Lipinski definition) is 4. The SMILES string of the molecule is O=C([C@@H](c1cccnc1)N1CCOCC1)N1CCc2ccccc2C1. The Morgan fingerprint density at radius 1 is 1.04 bits per heavy atom. The van der Waals surface area contributed by atoms with Crippen LogP contribution in [0.15, 0.2) is 48.8 Å². The molecule has 2 aromatic rings. The molecule has 130 valence electrons. The minimum absolute atomic E-state index is 0.171. The van der Waals surface area contributed by atoms with Gasteiger partial charge in [0, 0.05) is 38.6 Å². The van der Waals surface area contributed by atoms with Crippen molar-refractivity contribution in [1.82, 2.24) is 14.8 Å². The third-order valence-electron chi connectivity index (χ3n) is 5.09. The van der Waals surface area contributed by atoms with Crippen molar-refractivity contribution in [2.75, 3.05) is 32.8 Å². The Morgan fingerprint density at radius 2 is 1.84 bits per heavy atom. The van der Waals surface area contributed by atoms with Crippen molar-refractivity contribution in [3.8, 4) is 0 Å². The molecule has 5 heteroatoms. The van der Waals surface area contributed by atoms with E-state index in [0.717, 1.165) is 31.6 Å². The molecule has 0 saturated carbocycles. The summed E-state index contributed by atoms with van der Waals surface area (Å²) in [5.74, 6) is 0.171. The zero-order valence-corrected chi connectivity index (χ0v) is 14.3. The molecule has 0 unspecified atom stereocenters. The molecule has 5 nitrogen and oxygen atoms in total. The van der Waals surface area contributed by atoms with E-state index in [2.05, 4.69) is 28.1 Å². The third kappa shape index (κ3) is 3.43. The van der Waals surface area contributed by atoms with E-state index in [1.54, 1.807) is 6.20 Å². The maximum atomic E-state index is 13.4. The second-order valence-corrected chi connectivity index (χ2v) is 6.62. The number of morpholine rings is 1. The second kappa shape index (κ2) is 7.33. The van der Waals surface area contributed by atoms with E-state index in [1.165, 1.54) is 11.1 Å². The first-order chi connectivity index (χ1) is 12.3. The number of benzene rings is 1. The van der Waals surface area contributed by atoms with Crippen LogP contribution in [0.3, 0.4) is 0 Å². The summed E-state index contributed by atoms with van der Waals surface area (Å²) in [6.07, 6.45) is 4.49. The topological polar surface area (TPSA) is 45.7 Å². The van der Waals surface area contributed by atoms with Crippen molar-refractivity contribution < 1.29 is 9.53 Å². The Bertz CT molecular complexity index is 729. The van der Waals surface area contributed by atoms with Crippen molar-refractivity contribution in [3.63, 3.8) is 0 Å². The normalized spacial score (nSPS) is 19.3.